The number of piperidine rings is 1. The van der Waals surface area contributed by atoms with Crippen LogP contribution in [0.3, 0.4) is 0 Å². The molecule has 0 saturated carbocycles. The molecule has 2 N–H and O–H groups in total. The second-order valence-corrected chi connectivity index (χ2v) is 18.2. The van der Waals surface area contributed by atoms with Crippen LogP contribution >= 0.6 is 0 Å². The fourth-order valence-electron chi connectivity index (χ4n) is 6.91. The van der Waals surface area contributed by atoms with E-state index in [0.717, 1.165) is 18.2 Å². The lowest BCUT2D eigenvalue weighted by molar-refractivity contribution is -0.137. The van der Waals surface area contributed by atoms with E-state index in [0.29, 0.717) is 43.7 Å². The number of carbonyl (C=O) groups is 1. The van der Waals surface area contributed by atoms with Gasteiger partial charge >= 0.3 is 11.9 Å². The molecular formula is C36H44F5N7O4Si. The number of alkyl halides is 3. The highest BCUT2D eigenvalue weighted by Gasteiger charge is 2.40. The van der Waals surface area contributed by atoms with Crippen molar-refractivity contribution in [3.05, 3.63) is 93.6 Å². The number of H-pyrrole nitrogens is 1. The molecule has 0 radical (unpaired) electrons. The second-order valence-electron chi connectivity index (χ2n) is 14.9. The van der Waals surface area contributed by atoms with E-state index in [1.54, 1.807) is 10.8 Å². The van der Waals surface area contributed by atoms with Crippen molar-refractivity contribution in [1.82, 2.24) is 24.6 Å². The summed E-state index contributed by atoms with van der Waals surface area (Å²) >= 11 is 0. The molecule has 1 amide bonds. The van der Waals surface area contributed by atoms with E-state index in [1.807, 2.05) is 9.80 Å². The summed E-state index contributed by atoms with van der Waals surface area (Å²) in [5.74, 6) is -3.72. The number of benzene rings is 2. The van der Waals surface area contributed by atoms with Gasteiger partial charge in [0.15, 0.2) is 9.04 Å². The van der Waals surface area contributed by atoms with Crippen molar-refractivity contribution >= 4 is 26.6 Å². The van der Waals surface area contributed by atoms with Crippen LogP contribution in [0.4, 0.5) is 33.6 Å². The Bertz CT molecular complexity index is 1950. The van der Waals surface area contributed by atoms with Gasteiger partial charge in [-0.25, -0.2) is 23.7 Å². The molecule has 2 aromatic heterocycles. The number of likely N-dealkylation sites (tertiary alicyclic amines) is 1. The first kappa shape index (κ1) is 38.4. The summed E-state index contributed by atoms with van der Waals surface area (Å²) in [7, 11) is -1.48. The lowest BCUT2D eigenvalue weighted by Crippen LogP contribution is -2.41. The van der Waals surface area contributed by atoms with E-state index in [1.165, 1.54) is 24.4 Å². The van der Waals surface area contributed by atoms with Gasteiger partial charge in [0, 0.05) is 75.3 Å². The molecule has 2 fully saturated rings. The first-order valence-electron chi connectivity index (χ1n) is 17.7. The van der Waals surface area contributed by atoms with Crippen LogP contribution < -0.4 is 16.0 Å². The van der Waals surface area contributed by atoms with Crippen molar-refractivity contribution in [2.45, 2.75) is 76.4 Å². The van der Waals surface area contributed by atoms with Gasteiger partial charge in [0.1, 0.15) is 11.6 Å². The Morgan fingerprint density at radius 1 is 1.09 bits per heavy atom. The number of anilines is 2. The average molecular weight is 762 g/mol. The molecule has 17 heteroatoms. The maximum absolute atomic E-state index is 15.1. The number of rotatable bonds is 11. The number of halogens is 5. The molecule has 0 aliphatic carbocycles. The highest BCUT2D eigenvalue weighted by molar-refractivity contribution is 6.53. The fourth-order valence-corrected chi connectivity index (χ4v) is 8.17. The van der Waals surface area contributed by atoms with Crippen molar-refractivity contribution in [2.75, 3.05) is 42.9 Å². The van der Waals surface area contributed by atoms with Crippen LogP contribution in [0.2, 0.25) is 11.6 Å². The zero-order valence-corrected chi connectivity index (χ0v) is 31.2. The highest BCUT2D eigenvalue weighted by Crippen LogP contribution is 2.38. The van der Waals surface area contributed by atoms with Gasteiger partial charge in [0.2, 0.25) is 17.7 Å². The van der Waals surface area contributed by atoms with Crippen LogP contribution in [-0.4, -0.2) is 78.4 Å². The minimum atomic E-state index is -4.53. The molecule has 2 aliphatic heterocycles. The highest BCUT2D eigenvalue weighted by atomic mass is 28.3. The molecule has 11 nitrogen and oxygen atoms in total. The standard InChI is InChI=1S/C36H44F5N7O4Si/c1-35(2,3)53(4)52-25-9-14-47(15-10-25)30-17-23(36(39,40)41)6-5-22(30)19-48-16-12-42-33(48)43-32(49)28-21-46(13-11-31-44-45-34(50)51-31)20-27(28)26-8-7-24(37)18-29(26)38/h5-8,12,16-18,25,27-28,53H,9-11,13-15,19-21H2,1-4H3,(H,45,50)(H,42,43,49)/t27-,28+,53?/m0/s1. The van der Waals surface area contributed by atoms with Crippen molar-refractivity contribution in [3.63, 3.8) is 0 Å². The smallest absolute Gasteiger partial charge is 0.417 e. The molecule has 6 rings (SSSR count). The molecule has 0 spiro atoms. The van der Waals surface area contributed by atoms with Crippen LogP contribution in [0.5, 0.6) is 0 Å². The first-order valence-corrected chi connectivity index (χ1v) is 19.9. The third kappa shape index (κ3) is 9.24. The Hall–Kier alpha value is -4.35. The SMILES string of the molecule is C[SiH](OC1CCN(c2cc(C(F)(F)F)ccc2Cn2ccnc2NC(=O)[C@@H]2CN(CCc3n[nH]c(=O)o3)C[C@H]2c2ccc(F)cc2F)CC1)C(C)(C)C. The molecule has 3 atom stereocenters. The third-order valence-corrected chi connectivity index (χ3v) is 13.6. The van der Waals surface area contributed by atoms with E-state index in [-0.39, 0.29) is 54.6 Å². The second kappa shape index (κ2) is 15.6. The summed E-state index contributed by atoms with van der Waals surface area (Å²) in [5, 5.41) is 8.97. The summed E-state index contributed by atoms with van der Waals surface area (Å²) in [6.07, 6.45) is 0.289. The van der Waals surface area contributed by atoms with Crippen LogP contribution in [0.25, 0.3) is 0 Å². The molecular weight excluding hydrogens is 718 g/mol. The van der Waals surface area contributed by atoms with E-state index in [4.69, 9.17) is 8.84 Å². The fraction of sp³-hybridized carbons (Fsp3) is 0.500. The largest absolute Gasteiger partial charge is 0.434 e. The van der Waals surface area contributed by atoms with E-state index >= 15 is 4.39 Å². The number of aromatic nitrogens is 4. The number of nitrogens with one attached hydrogen (secondary N) is 2. The lowest BCUT2D eigenvalue weighted by Gasteiger charge is -2.38. The van der Waals surface area contributed by atoms with E-state index in [9.17, 15) is 27.2 Å². The van der Waals surface area contributed by atoms with Gasteiger partial charge < -0.3 is 23.2 Å². The van der Waals surface area contributed by atoms with E-state index < -0.39 is 55.9 Å². The molecule has 4 heterocycles. The van der Waals surface area contributed by atoms with Gasteiger partial charge in [0.05, 0.1) is 18.0 Å². The van der Waals surface area contributed by atoms with Crippen LogP contribution in [-0.2, 0) is 28.4 Å². The molecule has 2 aromatic carbocycles. The molecule has 53 heavy (non-hydrogen) atoms. The number of nitrogens with zero attached hydrogens (tertiary/aromatic N) is 5. The Morgan fingerprint density at radius 3 is 2.51 bits per heavy atom. The van der Waals surface area contributed by atoms with Gasteiger partial charge in [-0.1, -0.05) is 32.9 Å². The number of hydrogen-bond donors (Lipinski definition) is 2. The minimum Gasteiger partial charge on any atom is -0.417 e. The van der Waals surface area contributed by atoms with Crippen molar-refractivity contribution < 1.29 is 35.6 Å². The van der Waals surface area contributed by atoms with Crippen molar-refractivity contribution in [2.24, 2.45) is 5.92 Å². The lowest BCUT2D eigenvalue weighted by atomic mass is 9.88. The molecule has 2 saturated heterocycles. The normalized spacial score (nSPS) is 19.5. The molecule has 0 bridgehead atoms. The van der Waals surface area contributed by atoms with Gasteiger partial charge in [-0.05, 0) is 53.8 Å². The maximum atomic E-state index is 15.1. The minimum absolute atomic E-state index is 0.0570. The van der Waals surface area contributed by atoms with Crippen molar-refractivity contribution in [1.29, 1.82) is 0 Å². The number of aromatic amines is 1. The zero-order chi connectivity index (χ0) is 38.1. The summed E-state index contributed by atoms with van der Waals surface area (Å²) in [4.78, 5) is 33.5. The third-order valence-electron chi connectivity index (χ3n) is 10.3. The van der Waals surface area contributed by atoms with Gasteiger partial charge in [-0.2, -0.15) is 13.2 Å². The van der Waals surface area contributed by atoms with Gasteiger partial charge in [-0.15, -0.1) is 5.10 Å². The predicted molar refractivity (Wildman–Crippen MR) is 190 cm³/mol. The Labute approximate surface area is 305 Å². The van der Waals surface area contributed by atoms with E-state index in [2.05, 4.69) is 47.8 Å². The summed E-state index contributed by atoms with van der Waals surface area (Å²) in [6, 6.07) is 6.96. The number of carbonyl (C=O) groups excluding carboxylic acids is 1. The number of hydrogen-bond acceptors (Lipinski definition) is 8. The quantitative estimate of drug-likeness (QED) is 0.142. The van der Waals surface area contributed by atoms with Crippen LogP contribution in [0.1, 0.15) is 62.1 Å². The summed E-state index contributed by atoms with van der Waals surface area (Å²) in [5.41, 5.74) is 0.507. The average Bonchev–Trinajstić information content (AvgIpc) is 3.83. The number of amides is 1. The van der Waals surface area contributed by atoms with Crippen LogP contribution in [0, 0.1) is 17.6 Å². The summed E-state index contributed by atoms with van der Waals surface area (Å²) in [6.45, 7) is 10.7. The molecule has 2 aliphatic rings. The summed E-state index contributed by atoms with van der Waals surface area (Å²) < 4.78 is 83.7. The Kier molecular flexibility index (Phi) is 11.3. The first-order chi connectivity index (χ1) is 25.0. The Balaban J connectivity index is 1.20. The van der Waals surface area contributed by atoms with Crippen LogP contribution in [0.15, 0.2) is 58.0 Å². The zero-order valence-electron chi connectivity index (χ0n) is 30.1. The topological polar surface area (TPSA) is 122 Å². The maximum Gasteiger partial charge on any atom is 0.434 e. The van der Waals surface area contributed by atoms with Crippen molar-refractivity contribution in [3.8, 4) is 0 Å². The molecule has 1 unspecified atom stereocenters. The predicted octanol–water partition coefficient (Wildman–Crippen LogP) is 5.94. The Morgan fingerprint density at radius 2 is 1.85 bits per heavy atom. The van der Waals surface area contributed by atoms with Gasteiger partial charge in [-0.3, -0.25) is 10.1 Å². The monoisotopic (exact) mass is 761 g/mol. The number of imidazole rings is 1. The molecule has 286 valence electrons. The van der Waals surface area contributed by atoms with Gasteiger partial charge in [0.25, 0.3) is 0 Å². The molecule has 4 aromatic rings.